The van der Waals surface area contributed by atoms with Gasteiger partial charge in [0.2, 0.25) is 0 Å². The summed E-state index contributed by atoms with van der Waals surface area (Å²) in [5.41, 5.74) is 0.729. The number of carboxylic acids is 1. The monoisotopic (exact) mass is 269 g/mol. The molecule has 0 bridgehead atoms. The lowest BCUT2D eigenvalue weighted by atomic mass is 9.89. The van der Waals surface area contributed by atoms with E-state index in [1.807, 2.05) is 0 Å². The van der Waals surface area contributed by atoms with Crippen LogP contribution in [0.5, 0.6) is 0 Å². The van der Waals surface area contributed by atoms with Gasteiger partial charge >= 0.3 is 5.97 Å². The van der Waals surface area contributed by atoms with Crippen molar-refractivity contribution >= 4 is 17.3 Å². The molecule has 102 valence electrons. The Kier molecular flexibility index (Phi) is 5.35. The number of hydrogen-bond donors (Lipinski definition) is 1. The van der Waals surface area contributed by atoms with Gasteiger partial charge in [-0.1, -0.05) is 0 Å². The Bertz CT molecular complexity index is 398. The van der Waals surface area contributed by atoms with E-state index in [0.717, 1.165) is 19.5 Å². The van der Waals surface area contributed by atoms with E-state index < -0.39 is 11.4 Å². The highest BCUT2D eigenvalue weighted by Gasteiger charge is 2.26. The number of carboxylic acid groups (broad SMARTS) is 1. The van der Waals surface area contributed by atoms with Crippen LogP contribution in [0.1, 0.15) is 30.7 Å². The van der Waals surface area contributed by atoms with Gasteiger partial charge in [0.15, 0.2) is 0 Å². The van der Waals surface area contributed by atoms with Gasteiger partial charge in [-0.2, -0.15) is 0 Å². The maximum atomic E-state index is 11.0. The highest BCUT2D eigenvalue weighted by molar-refractivity contribution is 7.10. The quantitative estimate of drug-likeness (QED) is 0.827. The molecule has 0 spiro atoms. The van der Waals surface area contributed by atoms with Gasteiger partial charge < -0.3 is 10.0 Å². The van der Waals surface area contributed by atoms with E-state index in [2.05, 4.69) is 30.3 Å². The number of likely N-dealkylation sites (N-methyl/N-ethyl adjacent to an activating group) is 1. The molecule has 0 radical (unpaired) electrons. The van der Waals surface area contributed by atoms with E-state index in [4.69, 9.17) is 5.11 Å². The smallest absolute Gasteiger partial charge is 0.309 e. The van der Waals surface area contributed by atoms with Gasteiger partial charge in [0, 0.05) is 11.4 Å². The van der Waals surface area contributed by atoms with Crippen molar-refractivity contribution in [3.05, 3.63) is 21.9 Å². The Labute approximate surface area is 113 Å². The minimum atomic E-state index is -0.718. The van der Waals surface area contributed by atoms with Crippen molar-refractivity contribution in [2.24, 2.45) is 5.41 Å². The maximum Gasteiger partial charge on any atom is 0.309 e. The molecular formula is C14H23NO2S. The fourth-order valence-electron chi connectivity index (χ4n) is 1.64. The molecule has 3 nitrogen and oxygen atoms in total. The van der Waals surface area contributed by atoms with Gasteiger partial charge in [-0.15, -0.1) is 11.3 Å². The fraction of sp³-hybridized carbons (Fsp3) is 0.643. The first-order valence-corrected chi connectivity index (χ1v) is 7.16. The lowest BCUT2D eigenvalue weighted by molar-refractivity contribution is -0.147. The topological polar surface area (TPSA) is 40.5 Å². The first-order chi connectivity index (χ1) is 8.33. The Morgan fingerprint density at radius 3 is 2.61 bits per heavy atom. The molecule has 0 aliphatic carbocycles. The van der Waals surface area contributed by atoms with Crippen molar-refractivity contribution in [3.8, 4) is 0 Å². The standard InChI is InChI=1S/C14H23NO2S/c1-11-6-10-18-12(11)5-8-15(4)9-7-14(2,3)13(16)17/h6,10H,5,7-9H2,1-4H3,(H,16,17). The molecule has 0 saturated carbocycles. The van der Waals surface area contributed by atoms with E-state index in [0.29, 0.717) is 6.42 Å². The van der Waals surface area contributed by atoms with Crippen molar-refractivity contribution < 1.29 is 9.90 Å². The maximum absolute atomic E-state index is 11.0. The number of hydrogen-bond acceptors (Lipinski definition) is 3. The van der Waals surface area contributed by atoms with Crippen LogP contribution >= 0.6 is 11.3 Å². The number of rotatable bonds is 7. The summed E-state index contributed by atoms with van der Waals surface area (Å²) >= 11 is 1.80. The number of carbonyl (C=O) groups is 1. The highest BCUT2D eigenvalue weighted by atomic mass is 32.1. The molecule has 0 amide bonds. The summed E-state index contributed by atoms with van der Waals surface area (Å²) in [5, 5.41) is 11.2. The van der Waals surface area contributed by atoms with Gasteiger partial charge in [0.25, 0.3) is 0 Å². The second kappa shape index (κ2) is 6.34. The molecular weight excluding hydrogens is 246 g/mol. The summed E-state index contributed by atoms with van der Waals surface area (Å²) in [6, 6.07) is 2.15. The minimum Gasteiger partial charge on any atom is -0.481 e. The minimum absolute atomic E-state index is 0.632. The molecule has 0 aromatic carbocycles. The average molecular weight is 269 g/mol. The molecule has 18 heavy (non-hydrogen) atoms. The predicted molar refractivity (Wildman–Crippen MR) is 76.3 cm³/mol. The summed E-state index contributed by atoms with van der Waals surface area (Å²) < 4.78 is 0. The van der Waals surface area contributed by atoms with Gasteiger partial charge in [-0.3, -0.25) is 4.79 Å². The second-order valence-corrected chi connectivity index (χ2v) is 6.52. The molecule has 0 fully saturated rings. The second-order valence-electron chi connectivity index (χ2n) is 5.52. The van der Waals surface area contributed by atoms with Crippen LogP contribution < -0.4 is 0 Å². The average Bonchev–Trinajstić information content (AvgIpc) is 2.69. The Morgan fingerprint density at radius 2 is 2.11 bits per heavy atom. The van der Waals surface area contributed by atoms with Crippen LogP contribution in [0.3, 0.4) is 0 Å². The third kappa shape index (κ3) is 4.42. The number of nitrogens with zero attached hydrogens (tertiary/aromatic N) is 1. The van der Waals surface area contributed by atoms with Crippen LogP contribution in [0.15, 0.2) is 11.4 Å². The van der Waals surface area contributed by atoms with Gasteiger partial charge in [0.05, 0.1) is 5.41 Å². The van der Waals surface area contributed by atoms with Crippen LogP contribution in [-0.2, 0) is 11.2 Å². The van der Waals surface area contributed by atoms with E-state index in [1.54, 1.807) is 25.2 Å². The van der Waals surface area contributed by atoms with Crippen LogP contribution in [0.25, 0.3) is 0 Å². The number of aliphatic carboxylic acids is 1. The summed E-state index contributed by atoms with van der Waals surface area (Å²) in [7, 11) is 2.06. The van der Waals surface area contributed by atoms with Crippen molar-refractivity contribution in [2.75, 3.05) is 20.1 Å². The van der Waals surface area contributed by atoms with Crippen LogP contribution in [0.4, 0.5) is 0 Å². The number of aryl methyl sites for hydroxylation is 1. The first kappa shape index (κ1) is 15.2. The van der Waals surface area contributed by atoms with Crippen molar-refractivity contribution in [2.45, 2.75) is 33.6 Å². The molecule has 0 unspecified atom stereocenters. The molecule has 0 aliphatic heterocycles. The van der Waals surface area contributed by atoms with Crippen molar-refractivity contribution in [3.63, 3.8) is 0 Å². The molecule has 1 aromatic heterocycles. The normalized spacial score (nSPS) is 12.1. The van der Waals surface area contributed by atoms with Gasteiger partial charge in [0.1, 0.15) is 0 Å². The third-order valence-corrected chi connectivity index (χ3v) is 4.47. The summed E-state index contributed by atoms with van der Waals surface area (Å²) in [5.74, 6) is -0.718. The summed E-state index contributed by atoms with van der Waals surface area (Å²) in [6.45, 7) is 7.51. The third-order valence-electron chi connectivity index (χ3n) is 3.39. The molecule has 0 saturated heterocycles. The summed E-state index contributed by atoms with van der Waals surface area (Å²) in [4.78, 5) is 14.6. The van der Waals surface area contributed by atoms with Crippen LogP contribution in [-0.4, -0.2) is 36.1 Å². The zero-order valence-electron chi connectivity index (χ0n) is 11.7. The van der Waals surface area contributed by atoms with E-state index >= 15 is 0 Å². The predicted octanol–water partition coefficient (Wildman–Crippen LogP) is 3.03. The Hall–Kier alpha value is -0.870. The first-order valence-electron chi connectivity index (χ1n) is 6.28. The van der Waals surface area contributed by atoms with Crippen molar-refractivity contribution in [1.82, 2.24) is 4.90 Å². The fourth-order valence-corrected chi connectivity index (χ4v) is 2.54. The van der Waals surface area contributed by atoms with Crippen molar-refractivity contribution in [1.29, 1.82) is 0 Å². The lowest BCUT2D eigenvalue weighted by Gasteiger charge is -2.23. The molecule has 0 atom stereocenters. The molecule has 1 aromatic rings. The van der Waals surface area contributed by atoms with Gasteiger partial charge in [-0.05, 0) is 64.2 Å². The summed E-state index contributed by atoms with van der Waals surface area (Å²) in [6.07, 6.45) is 1.73. The van der Waals surface area contributed by atoms with Crippen LogP contribution in [0, 0.1) is 12.3 Å². The Morgan fingerprint density at radius 1 is 1.44 bits per heavy atom. The van der Waals surface area contributed by atoms with E-state index in [-0.39, 0.29) is 0 Å². The zero-order chi connectivity index (χ0) is 13.8. The lowest BCUT2D eigenvalue weighted by Crippen LogP contribution is -2.31. The Balaban J connectivity index is 2.32. The molecule has 1 N–H and O–H groups in total. The molecule has 4 heteroatoms. The number of thiophene rings is 1. The van der Waals surface area contributed by atoms with Crippen LogP contribution in [0.2, 0.25) is 0 Å². The zero-order valence-corrected chi connectivity index (χ0v) is 12.5. The molecule has 1 heterocycles. The van der Waals surface area contributed by atoms with E-state index in [9.17, 15) is 4.79 Å². The molecule has 1 rings (SSSR count). The van der Waals surface area contributed by atoms with E-state index in [1.165, 1.54) is 10.4 Å². The molecule has 0 aliphatic rings. The largest absolute Gasteiger partial charge is 0.481 e. The van der Waals surface area contributed by atoms with Gasteiger partial charge in [-0.25, -0.2) is 0 Å². The SMILES string of the molecule is Cc1ccsc1CCN(C)CCC(C)(C)C(=O)O. The highest BCUT2D eigenvalue weighted by Crippen LogP contribution is 2.21.